The van der Waals surface area contributed by atoms with Crippen molar-refractivity contribution in [2.24, 2.45) is 0 Å². The standard InChI is InChI=1S/C13H10Br2FN3O/c14-10-5-8(17)6-11(15)12(10)19-13(20)18-9-3-1-2-7(16)4-9/h1-6H,17H2,(H2,18,19,20). The fourth-order valence-electron chi connectivity index (χ4n) is 1.55. The minimum atomic E-state index is -0.484. The first-order valence-corrected chi connectivity index (χ1v) is 7.12. The van der Waals surface area contributed by atoms with Gasteiger partial charge in [-0.2, -0.15) is 0 Å². The van der Waals surface area contributed by atoms with Gasteiger partial charge in [-0.3, -0.25) is 0 Å². The number of carbonyl (C=O) groups excluding carboxylic acids is 1. The minimum absolute atomic E-state index is 0.366. The molecule has 0 unspecified atom stereocenters. The highest BCUT2D eigenvalue weighted by Crippen LogP contribution is 2.33. The Balaban J connectivity index is 2.13. The zero-order valence-corrected chi connectivity index (χ0v) is 13.3. The highest BCUT2D eigenvalue weighted by atomic mass is 79.9. The van der Waals surface area contributed by atoms with Gasteiger partial charge in [-0.25, -0.2) is 9.18 Å². The van der Waals surface area contributed by atoms with Crippen LogP contribution in [-0.4, -0.2) is 6.03 Å². The van der Waals surface area contributed by atoms with Crippen molar-refractivity contribution in [2.75, 3.05) is 16.4 Å². The van der Waals surface area contributed by atoms with E-state index < -0.39 is 11.8 Å². The summed E-state index contributed by atoms with van der Waals surface area (Å²) in [6.45, 7) is 0. The number of hydrogen-bond donors (Lipinski definition) is 3. The molecular weight excluding hydrogens is 393 g/mol. The monoisotopic (exact) mass is 401 g/mol. The first kappa shape index (κ1) is 14.8. The van der Waals surface area contributed by atoms with Crippen molar-refractivity contribution < 1.29 is 9.18 Å². The molecule has 0 radical (unpaired) electrons. The first-order valence-electron chi connectivity index (χ1n) is 5.54. The van der Waals surface area contributed by atoms with Crippen molar-refractivity contribution >= 4 is 55.0 Å². The molecule has 0 saturated heterocycles. The molecule has 4 nitrogen and oxygen atoms in total. The van der Waals surface area contributed by atoms with E-state index in [-0.39, 0.29) is 0 Å². The lowest BCUT2D eigenvalue weighted by molar-refractivity contribution is 0.262. The molecule has 0 fully saturated rings. The van der Waals surface area contributed by atoms with Gasteiger partial charge < -0.3 is 16.4 Å². The lowest BCUT2D eigenvalue weighted by Crippen LogP contribution is -2.20. The van der Waals surface area contributed by atoms with Gasteiger partial charge in [0, 0.05) is 20.3 Å². The molecule has 0 spiro atoms. The molecule has 0 aliphatic rings. The third-order valence-electron chi connectivity index (χ3n) is 2.39. The van der Waals surface area contributed by atoms with E-state index in [1.54, 1.807) is 18.2 Å². The van der Waals surface area contributed by atoms with Crippen LogP contribution in [0.5, 0.6) is 0 Å². The lowest BCUT2D eigenvalue weighted by Gasteiger charge is -2.11. The summed E-state index contributed by atoms with van der Waals surface area (Å²) >= 11 is 6.62. The molecule has 2 aromatic carbocycles. The van der Waals surface area contributed by atoms with Gasteiger partial charge in [0.25, 0.3) is 0 Å². The Hall–Kier alpha value is -1.60. The summed E-state index contributed by atoms with van der Waals surface area (Å²) in [5.41, 5.74) is 7.13. The number of nitrogens with one attached hydrogen (secondary N) is 2. The van der Waals surface area contributed by atoms with Gasteiger partial charge in [-0.15, -0.1) is 0 Å². The van der Waals surface area contributed by atoms with Crippen molar-refractivity contribution in [3.05, 3.63) is 51.2 Å². The number of amides is 2. The normalized spacial score (nSPS) is 10.2. The fraction of sp³-hybridized carbons (Fsp3) is 0. The molecule has 104 valence electrons. The van der Waals surface area contributed by atoms with Crippen molar-refractivity contribution in [1.29, 1.82) is 0 Å². The van der Waals surface area contributed by atoms with Gasteiger partial charge in [-0.05, 0) is 62.2 Å². The summed E-state index contributed by atoms with van der Waals surface area (Å²) in [6.07, 6.45) is 0. The van der Waals surface area contributed by atoms with Gasteiger partial charge in [-0.1, -0.05) is 6.07 Å². The molecular formula is C13H10Br2FN3O. The summed E-state index contributed by atoms with van der Waals surface area (Å²) in [6, 6.07) is 8.49. The van der Waals surface area contributed by atoms with Crippen LogP contribution in [0.1, 0.15) is 0 Å². The van der Waals surface area contributed by atoms with E-state index >= 15 is 0 Å². The SMILES string of the molecule is Nc1cc(Br)c(NC(=O)Nc2cccc(F)c2)c(Br)c1. The molecule has 2 aromatic rings. The average Bonchev–Trinajstić information content (AvgIpc) is 2.33. The molecule has 0 aliphatic heterocycles. The summed E-state index contributed by atoms with van der Waals surface area (Å²) in [5.74, 6) is -0.419. The zero-order chi connectivity index (χ0) is 14.7. The number of halogens is 3. The number of rotatable bonds is 2. The molecule has 0 bridgehead atoms. The van der Waals surface area contributed by atoms with Crippen LogP contribution in [0.2, 0.25) is 0 Å². The van der Waals surface area contributed by atoms with Crippen LogP contribution in [0.25, 0.3) is 0 Å². The second-order valence-electron chi connectivity index (χ2n) is 3.95. The molecule has 2 rings (SSSR count). The third kappa shape index (κ3) is 3.71. The van der Waals surface area contributed by atoms with Crippen LogP contribution < -0.4 is 16.4 Å². The molecule has 4 N–H and O–H groups in total. The zero-order valence-electron chi connectivity index (χ0n) is 10.1. The molecule has 2 amide bonds. The summed E-state index contributed by atoms with van der Waals surface area (Å²) in [4.78, 5) is 11.9. The first-order chi connectivity index (χ1) is 9.45. The Kier molecular flexibility index (Phi) is 4.61. The molecule has 0 atom stereocenters. The van der Waals surface area contributed by atoms with Crippen LogP contribution in [-0.2, 0) is 0 Å². The second kappa shape index (κ2) is 6.23. The van der Waals surface area contributed by atoms with Gasteiger partial charge in [0.2, 0.25) is 0 Å². The molecule has 20 heavy (non-hydrogen) atoms. The number of urea groups is 1. The highest BCUT2D eigenvalue weighted by molar-refractivity contribution is 9.11. The second-order valence-corrected chi connectivity index (χ2v) is 5.66. The van der Waals surface area contributed by atoms with Crippen LogP contribution in [0.3, 0.4) is 0 Å². The number of nitrogens with two attached hydrogens (primary N) is 1. The van der Waals surface area contributed by atoms with Crippen molar-refractivity contribution in [3.63, 3.8) is 0 Å². The Labute approximate surface area is 131 Å². The van der Waals surface area contributed by atoms with Crippen LogP contribution in [0.15, 0.2) is 45.3 Å². The maximum Gasteiger partial charge on any atom is 0.323 e. The summed E-state index contributed by atoms with van der Waals surface area (Å²) in [5, 5.41) is 5.19. The topological polar surface area (TPSA) is 67.1 Å². The minimum Gasteiger partial charge on any atom is -0.399 e. The third-order valence-corrected chi connectivity index (χ3v) is 3.64. The average molecular weight is 403 g/mol. The van der Waals surface area contributed by atoms with E-state index in [1.807, 2.05) is 0 Å². The molecule has 0 heterocycles. The Morgan fingerprint density at radius 3 is 2.35 bits per heavy atom. The predicted molar refractivity (Wildman–Crippen MR) is 85.3 cm³/mol. The van der Waals surface area contributed by atoms with E-state index in [4.69, 9.17) is 5.73 Å². The Bertz CT molecular complexity index is 641. The van der Waals surface area contributed by atoms with E-state index in [2.05, 4.69) is 42.5 Å². The van der Waals surface area contributed by atoms with Crippen LogP contribution in [0, 0.1) is 5.82 Å². The Morgan fingerprint density at radius 1 is 1.10 bits per heavy atom. The molecule has 7 heteroatoms. The van der Waals surface area contributed by atoms with Gasteiger partial charge in [0.05, 0.1) is 5.69 Å². The number of hydrogen-bond acceptors (Lipinski definition) is 2. The molecule has 0 aliphatic carbocycles. The van der Waals surface area contributed by atoms with Gasteiger partial charge in [0.15, 0.2) is 0 Å². The maximum atomic E-state index is 13.0. The van der Waals surface area contributed by atoms with Crippen molar-refractivity contribution in [2.45, 2.75) is 0 Å². The van der Waals surface area contributed by atoms with E-state index in [9.17, 15) is 9.18 Å². The predicted octanol–water partition coefficient (Wildman–Crippen LogP) is 4.58. The highest BCUT2D eigenvalue weighted by Gasteiger charge is 2.10. The van der Waals surface area contributed by atoms with Gasteiger partial charge >= 0.3 is 6.03 Å². The lowest BCUT2D eigenvalue weighted by atomic mass is 10.3. The van der Waals surface area contributed by atoms with Crippen molar-refractivity contribution in [1.82, 2.24) is 0 Å². The number of anilines is 3. The van der Waals surface area contributed by atoms with E-state index in [0.717, 1.165) is 0 Å². The van der Waals surface area contributed by atoms with E-state index in [0.29, 0.717) is 26.0 Å². The number of carbonyl (C=O) groups is 1. The largest absolute Gasteiger partial charge is 0.399 e. The number of nitrogen functional groups attached to an aromatic ring is 1. The summed E-state index contributed by atoms with van der Waals surface area (Å²) in [7, 11) is 0. The van der Waals surface area contributed by atoms with Gasteiger partial charge in [0.1, 0.15) is 5.82 Å². The fourth-order valence-corrected chi connectivity index (χ4v) is 2.97. The summed E-state index contributed by atoms with van der Waals surface area (Å²) < 4.78 is 14.3. The maximum absolute atomic E-state index is 13.0. The van der Waals surface area contributed by atoms with Crippen molar-refractivity contribution in [3.8, 4) is 0 Å². The van der Waals surface area contributed by atoms with Crippen LogP contribution >= 0.6 is 31.9 Å². The molecule has 0 aromatic heterocycles. The number of benzene rings is 2. The smallest absolute Gasteiger partial charge is 0.323 e. The van der Waals surface area contributed by atoms with E-state index in [1.165, 1.54) is 18.2 Å². The van der Waals surface area contributed by atoms with Crippen LogP contribution in [0.4, 0.5) is 26.2 Å². The molecule has 0 saturated carbocycles. The quantitative estimate of drug-likeness (QED) is 0.643. The Morgan fingerprint density at radius 2 is 1.75 bits per heavy atom.